The maximum atomic E-state index is 5.34. The van der Waals surface area contributed by atoms with E-state index in [1.165, 1.54) is 0 Å². The summed E-state index contributed by atoms with van der Waals surface area (Å²) in [6.45, 7) is 0. The largest absolute Gasteiger partial charge is 0.358 e. The van der Waals surface area contributed by atoms with Crippen molar-refractivity contribution in [2.45, 2.75) is 0 Å². The number of hydrogen-bond acceptors (Lipinski definition) is 4. The van der Waals surface area contributed by atoms with Gasteiger partial charge in [-0.05, 0) is 12.1 Å². The molecule has 0 spiro atoms. The minimum Gasteiger partial charge on any atom is -0.358 e. The number of hydrogen-bond donors (Lipinski definition) is 3. The summed E-state index contributed by atoms with van der Waals surface area (Å²) in [7, 11) is 3.57. The van der Waals surface area contributed by atoms with Gasteiger partial charge < -0.3 is 16.5 Å². The Kier molecular flexibility index (Phi) is 2.63. The van der Waals surface area contributed by atoms with Gasteiger partial charge in [0, 0.05) is 14.1 Å². The van der Waals surface area contributed by atoms with E-state index in [1.807, 2.05) is 35.9 Å². The number of nitrogens with zero attached hydrogens (tertiary/aromatic N) is 3. The maximum absolute atomic E-state index is 5.34. The highest BCUT2D eigenvalue weighted by Gasteiger charge is 2.12. The van der Waals surface area contributed by atoms with Crippen LogP contribution in [0.2, 0.25) is 0 Å². The fourth-order valence-electron chi connectivity index (χ4n) is 1.64. The SMILES string of the molecule is CN/C(=N\N)n1c(NC)nc2ccccc21. The molecule has 0 aliphatic heterocycles. The molecule has 4 N–H and O–H groups in total. The van der Waals surface area contributed by atoms with Gasteiger partial charge in [-0.2, -0.15) is 0 Å². The summed E-state index contributed by atoms with van der Waals surface area (Å²) in [6, 6.07) is 7.80. The van der Waals surface area contributed by atoms with Crippen LogP contribution in [0.25, 0.3) is 11.0 Å². The third-order valence-electron chi connectivity index (χ3n) is 2.34. The Bertz CT molecular complexity index is 527. The van der Waals surface area contributed by atoms with Crippen LogP contribution in [0, 0.1) is 0 Å². The van der Waals surface area contributed by atoms with Crippen molar-refractivity contribution in [3.63, 3.8) is 0 Å². The molecule has 6 heteroatoms. The molecule has 16 heavy (non-hydrogen) atoms. The first-order valence-corrected chi connectivity index (χ1v) is 4.93. The Morgan fingerprint density at radius 3 is 2.75 bits per heavy atom. The number of aromatic nitrogens is 2. The Morgan fingerprint density at radius 1 is 1.38 bits per heavy atom. The van der Waals surface area contributed by atoms with Gasteiger partial charge in [0.1, 0.15) is 0 Å². The first kappa shape index (κ1) is 10.3. The molecule has 0 unspecified atom stereocenters. The molecule has 0 saturated carbocycles. The number of fused-ring (bicyclic) bond motifs is 1. The number of hydrazone groups is 1. The van der Waals surface area contributed by atoms with Crippen LogP contribution in [0.4, 0.5) is 5.95 Å². The summed E-state index contributed by atoms with van der Waals surface area (Å²) in [5, 5.41) is 9.63. The Hall–Kier alpha value is -2.24. The monoisotopic (exact) mass is 218 g/mol. The lowest BCUT2D eigenvalue weighted by molar-refractivity contribution is 0.994. The van der Waals surface area contributed by atoms with Gasteiger partial charge in [-0.3, -0.25) is 0 Å². The summed E-state index contributed by atoms with van der Waals surface area (Å²) in [5.41, 5.74) is 1.84. The fourth-order valence-corrected chi connectivity index (χ4v) is 1.64. The maximum Gasteiger partial charge on any atom is 0.227 e. The lowest BCUT2D eigenvalue weighted by atomic mass is 10.3. The smallest absolute Gasteiger partial charge is 0.227 e. The molecule has 0 amide bonds. The second-order valence-electron chi connectivity index (χ2n) is 3.21. The van der Waals surface area contributed by atoms with E-state index in [4.69, 9.17) is 5.84 Å². The summed E-state index contributed by atoms with van der Waals surface area (Å²) >= 11 is 0. The number of rotatable bonds is 1. The zero-order valence-electron chi connectivity index (χ0n) is 9.23. The zero-order chi connectivity index (χ0) is 11.5. The quantitative estimate of drug-likeness (QED) is 0.280. The number of para-hydroxylation sites is 2. The lowest BCUT2D eigenvalue weighted by Crippen LogP contribution is -2.29. The van der Waals surface area contributed by atoms with E-state index in [2.05, 4.69) is 20.7 Å². The molecule has 0 fully saturated rings. The van der Waals surface area contributed by atoms with E-state index in [9.17, 15) is 0 Å². The zero-order valence-corrected chi connectivity index (χ0v) is 9.23. The molecule has 0 aliphatic rings. The third kappa shape index (κ3) is 1.44. The van der Waals surface area contributed by atoms with Crippen LogP contribution >= 0.6 is 0 Å². The van der Waals surface area contributed by atoms with Gasteiger partial charge in [0.05, 0.1) is 11.0 Å². The molecule has 6 nitrogen and oxygen atoms in total. The average Bonchev–Trinajstić information content (AvgIpc) is 2.70. The summed E-state index contributed by atoms with van der Waals surface area (Å²) in [6.07, 6.45) is 0. The predicted molar refractivity (Wildman–Crippen MR) is 65.4 cm³/mol. The van der Waals surface area contributed by atoms with Crippen molar-refractivity contribution in [3.05, 3.63) is 24.3 Å². The molecule has 1 heterocycles. The van der Waals surface area contributed by atoms with Crippen LogP contribution in [0.3, 0.4) is 0 Å². The molecule has 1 aromatic heterocycles. The highest BCUT2D eigenvalue weighted by atomic mass is 15.3. The minimum atomic E-state index is 0.540. The number of nitrogens with two attached hydrogens (primary N) is 1. The molecular formula is C10H14N6. The first-order valence-electron chi connectivity index (χ1n) is 4.93. The van der Waals surface area contributed by atoms with E-state index in [0.717, 1.165) is 11.0 Å². The van der Waals surface area contributed by atoms with E-state index in [1.54, 1.807) is 7.05 Å². The molecule has 2 aromatic rings. The highest BCUT2D eigenvalue weighted by Crippen LogP contribution is 2.18. The van der Waals surface area contributed by atoms with Gasteiger partial charge in [0.25, 0.3) is 0 Å². The molecule has 0 atom stereocenters. The van der Waals surface area contributed by atoms with Crippen molar-refractivity contribution in [2.24, 2.45) is 10.9 Å². The Balaban J connectivity index is 2.74. The van der Waals surface area contributed by atoms with Crippen LogP contribution in [0.1, 0.15) is 0 Å². The number of nitrogens with one attached hydrogen (secondary N) is 2. The van der Waals surface area contributed by atoms with Crippen molar-refractivity contribution in [1.82, 2.24) is 14.9 Å². The van der Waals surface area contributed by atoms with E-state index >= 15 is 0 Å². The van der Waals surface area contributed by atoms with Gasteiger partial charge in [-0.15, -0.1) is 5.10 Å². The second kappa shape index (κ2) is 4.09. The molecule has 0 saturated heterocycles. The van der Waals surface area contributed by atoms with Crippen molar-refractivity contribution in [1.29, 1.82) is 0 Å². The van der Waals surface area contributed by atoms with E-state index < -0.39 is 0 Å². The van der Waals surface area contributed by atoms with Crippen molar-refractivity contribution >= 4 is 22.9 Å². The molecule has 0 bridgehead atoms. The summed E-state index contributed by atoms with van der Waals surface area (Å²) in [4.78, 5) is 4.42. The number of imidazole rings is 1. The Morgan fingerprint density at radius 2 is 2.12 bits per heavy atom. The van der Waals surface area contributed by atoms with Crippen LogP contribution in [-0.4, -0.2) is 29.6 Å². The highest BCUT2D eigenvalue weighted by molar-refractivity contribution is 5.95. The van der Waals surface area contributed by atoms with Gasteiger partial charge in [0.2, 0.25) is 11.9 Å². The standard InChI is InChI=1S/C10H14N6/c1-12-9-14-7-5-3-4-6-8(7)16(9)10(13-2)15-11/h3-6H,11H2,1-2H3,(H,12,14)(H,13,15). The molecule has 84 valence electrons. The summed E-state index contributed by atoms with van der Waals surface area (Å²) in [5.74, 6) is 6.57. The number of benzene rings is 1. The fraction of sp³-hybridized carbons (Fsp3) is 0.200. The molecule has 2 rings (SSSR count). The van der Waals surface area contributed by atoms with E-state index in [0.29, 0.717) is 11.9 Å². The van der Waals surface area contributed by atoms with E-state index in [-0.39, 0.29) is 0 Å². The van der Waals surface area contributed by atoms with Crippen LogP contribution < -0.4 is 16.5 Å². The normalized spacial score (nSPS) is 11.8. The van der Waals surface area contributed by atoms with Crippen LogP contribution in [0.15, 0.2) is 29.4 Å². The van der Waals surface area contributed by atoms with Crippen LogP contribution in [-0.2, 0) is 0 Å². The van der Waals surface area contributed by atoms with Gasteiger partial charge in [-0.25, -0.2) is 9.55 Å². The first-order chi connectivity index (χ1) is 7.81. The van der Waals surface area contributed by atoms with Crippen molar-refractivity contribution in [3.8, 4) is 0 Å². The number of anilines is 1. The predicted octanol–water partition coefficient (Wildman–Crippen LogP) is 0.375. The van der Waals surface area contributed by atoms with Gasteiger partial charge >= 0.3 is 0 Å². The van der Waals surface area contributed by atoms with Gasteiger partial charge in [0.15, 0.2) is 0 Å². The molecule has 0 aliphatic carbocycles. The average molecular weight is 218 g/mol. The molecule has 0 radical (unpaired) electrons. The minimum absolute atomic E-state index is 0.540. The second-order valence-corrected chi connectivity index (χ2v) is 3.21. The molecular weight excluding hydrogens is 204 g/mol. The topological polar surface area (TPSA) is 80.3 Å². The van der Waals surface area contributed by atoms with Gasteiger partial charge in [-0.1, -0.05) is 12.1 Å². The van der Waals surface area contributed by atoms with Crippen molar-refractivity contribution in [2.75, 3.05) is 19.4 Å². The van der Waals surface area contributed by atoms with Crippen molar-refractivity contribution < 1.29 is 0 Å². The molecule has 1 aromatic carbocycles. The van der Waals surface area contributed by atoms with Crippen LogP contribution in [0.5, 0.6) is 0 Å². The lowest BCUT2D eigenvalue weighted by Gasteiger charge is -2.09. The Labute approximate surface area is 93.2 Å². The third-order valence-corrected chi connectivity index (χ3v) is 2.34. The summed E-state index contributed by atoms with van der Waals surface area (Å²) < 4.78 is 1.83.